The van der Waals surface area contributed by atoms with Gasteiger partial charge in [0.15, 0.2) is 0 Å². The summed E-state index contributed by atoms with van der Waals surface area (Å²) in [5, 5.41) is 17.0. The molecule has 3 aromatic rings. The van der Waals surface area contributed by atoms with E-state index in [2.05, 4.69) is 34.6 Å². The highest BCUT2D eigenvalue weighted by molar-refractivity contribution is 6.01. The molecule has 44 heavy (non-hydrogen) atoms. The number of benzene rings is 3. The van der Waals surface area contributed by atoms with E-state index in [1.807, 2.05) is 0 Å². The molecule has 0 fully saturated rings. The van der Waals surface area contributed by atoms with E-state index in [1.165, 1.54) is 13.2 Å². The molecule has 10 heteroatoms. The number of carbonyl (C=O) groups is 3. The number of hydrogen-bond donors (Lipinski definition) is 3. The summed E-state index contributed by atoms with van der Waals surface area (Å²) in [5.74, 6) is 2.11. The summed E-state index contributed by atoms with van der Waals surface area (Å²) in [6.07, 6.45) is -1.26. The molecule has 3 rings (SSSR count). The van der Waals surface area contributed by atoms with Crippen LogP contribution in [0.5, 0.6) is 0 Å². The van der Waals surface area contributed by atoms with Gasteiger partial charge in [-0.15, -0.1) is 0 Å². The standard InChI is InChI=1S/C34H33F2N3O5/c1-5-11-39(12-6-2)33(42)27-14-22(3)13-26(18-27)32(41)38-30(17-24-15-28(35)19-29(36)16-24)31(40)21-37-20-23-7-9-25(10-8-23)34(43)44-4/h7-10,13-16,18-19,30-31,37,40H,17,20-21H2,1-4H3,(H,38,41)/t30-,31+/m0/s1. The maximum Gasteiger partial charge on any atom is 0.337 e. The van der Waals surface area contributed by atoms with Crippen LogP contribution in [0.2, 0.25) is 0 Å². The second kappa shape index (κ2) is 16.0. The lowest BCUT2D eigenvalue weighted by Gasteiger charge is -2.25. The van der Waals surface area contributed by atoms with Gasteiger partial charge in [-0.05, 0) is 86.3 Å². The lowest BCUT2D eigenvalue weighted by Crippen LogP contribution is -2.48. The fourth-order valence-electron chi connectivity index (χ4n) is 4.42. The van der Waals surface area contributed by atoms with Gasteiger partial charge in [0.1, 0.15) is 11.6 Å². The number of carbonyl (C=O) groups excluding carboxylic acids is 3. The molecule has 0 saturated heterocycles. The van der Waals surface area contributed by atoms with Gasteiger partial charge < -0.3 is 20.5 Å². The first kappa shape index (κ1) is 33.5. The zero-order valence-corrected chi connectivity index (χ0v) is 24.8. The Labute approximate surface area is 255 Å². The van der Waals surface area contributed by atoms with Gasteiger partial charge in [0.2, 0.25) is 0 Å². The maximum absolute atomic E-state index is 14.0. The molecule has 8 nitrogen and oxygen atoms in total. The average molecular weight is 602 g/mol. The third-order valence-electron chi connectivity index (χ3n) is 6.45. The van der Waals surface area contributed by atoms with Crippen molar-refractivity contribution in [2.45, 2.75) is 45.9 Å². The lowest BCUT2D eigenvalue weighted by atomic mass is 9.99. The summed E-state index contributed by atoms with van der Waals surface area (Å²) >= 11 is 0. The van der Waals surface area contributed by atoms with Gasteiger partial charge >= 0.3 is 5.97 Å². The Morgan fingerprint density at radius 1 is 0.886 bits per heavy atom. The number of aliphatic hydroxyl groups excluding tert-OH is 1. The molecule has 0 aliphatic carbocycles. The zero-order valence-electron chi connectivity index (χ0n) is 24.8. The first-order valence-corrected chi connectivity index (χ1v) is 13.7. The first-order valence-electron chi connectivity index (χ1n) is 13.7. The average Bonchev–Trinajstić information content (AvgIpc) is 2.99. The van der Waals surface area contributed by atoms with Crippen molar-refractivity contribution in [2.75, 3.05) is 13.7 Å². The van der Waals surface area contributed by atoms with Crippen LogP contribution in [0, 0.1) is 42.5 Å². The van der Waals surface area contributed by atoms with Crippen LogP contribution >= 0.6 is 0 Å². The molecule has 2 atom stereocenters. The fourth-order valence-corrected chi connectivity index (χ4v) is 4.42. The highest BCUT2D eigenvalue weighted by Crippen LogP contribution is 2.16. The maximum atomic E-state index is 14.0. The molecule has 0 saturated carbocycles. The van der Waals surface area contributed by atoms with E-state index in [-0.39, 0.29) is 29.7 Å². The van der Waals surface area contributed by atoms with Crippen molar-refractivity contribution in [2.24, 2.45) is 0 Å². The van der Waals surface area contributed by atoms with E-state index < -0.39 is 41.6 Å². The third kappa shape index (κ3) is 9.50. The van der Waals surface area contributed by atoms with Crippen LogP contribution in [0.3, 0.4) is 0 Å². The molecule has 0 aliphatic rings. The second-order valence-corrected chi connectivity index (χ2v) is 9.90. The molecule has 0 radical (unpaired) electrons. The second-order valence-electron chi connectivity index (χ2n) is 9.90. The summed E-state index contributed by atoms with van der Waals surface area (Å²) in [6.45, 7) is 5.20. The van der Waals surface area contributed by atoms with Crippen molar-refractivity contribution >= 4 is 17.8 Å². The molecular weight excluding hydrogens is 568 g/mol. The Morgan fingerprint density at radius 3 is 2.09 bits per heavy atom. The third-order valence-corrected chi connectivity index (χ3v) is 6.45. The number of halogens is 2. The highest BCUT2D eigenvalue weighted by Gasteiger charge is 2.24. The molecule has 0 spiro atoms. The van der Waals surface area contributed by atoms with Crippen molar-refractivity contribution in [3.05, 3.63) is 106 Å². The number of rotatable bonds is 11. The van der Waals surface area contributed by atoms with Crippen molar-refractivity contribution in [1.29, 1.82) is 0 Å². The molecule has 3 N–H and O–H groups in total. The van der Waals surface area contributed by atoms with Crippen LogP contribution in [0.4, 0.5) is 8.78 Å². The number of nitrogens with zero attached hydrogens (tertiary/aromatic N) is 1. The molecule has 0 aromatic heterocycles. The minimum absolute atomic E-state index is 0.0133. The van der Waals surface area contributed by atoms with Crippen LogP contribution in [0.15, 0.2) is 60.7 Å². The van der Waals surface area contributed by atoms with E-state index in [0.29, 0.717) is 17.7 Å². The SMILES string of the molecule is CC#CN(C#CC)C(=O)c1cc(C)cc(C(=O)N[C@@H](Cc2cc(F)cc(F)c2)[C@H](O)CNCc2ccc(C(=O)OC)cc2)c1. The number of hydrogen-bond acceptors (Lipinski definition) is 6. The minimum Gasteiger partial charge on any atom is -0.465 e. The monoisotopic (exact) mass is 601 g/mol. The number of nitrogens with one attached hydrogen (secondary N) is 2. The van der Waals surface area contributed by atoms with E-state index in [4.69, 9.17) is 4.74 Å². The van der Waals surface area contributed by atoms with Gasteiger partial charge in [0.25, 0.3) is 11.8 Å². The molecule has 0 aliphatic heterocycles. The fraction of sp³-hybridized carbons (Fsp3) is 0.265. The Kier molecular flexibility index (Phi) is 12.2. The predicted octanol–water partition coefficient (Wildman–Crippen LogP) is 3.96. The molecule has 2 amide bonds. The summed E-state index contributed by atoms with van der Waals surface area (Å²) in [5.41, 5.74) is 2.40. The predicted molar refractivity (Wildman–Crippen MR) is 161 cm³/mol. The van der Waals surface area contributed by atoms with Crippen molar-refractivity contribution in [3.63, 3.8) is 0 Å². The van der Waals surface area contributed by atoms with Crippen molar-refractivity contribution < 1.29 is 33.0 Å². The van der Waals surface area contributed by atoms with Crippen LogP contribution in [0.1, 0.15) is 61.6 Å². The summed E-state index contributed by atoms with van der Waals surface area (Å²) < 4.78 is 32.6. The van der Waals surface area contributed by atoms with Gasteiger partial charge in [-0.25, -0.2) is 13.6 Å². The number of methoxy groups -OCH3 is 1. The minimum atomic E-state index is -1.18. The van der Waals surface area contributed by atoms with Crippen LogP contribution < -0.4 is 10.6 Å². The van der Waals surface area contributed by atoms with E-state index >= 15 is 0 Å². The zero-order chi connectivity index (χ0) is 32.2. The highest BCUT2D eigenvalue weighted by atomic mass is 19.1. The summed E-state index contributed by atoms with van der Waals surface area (Å²) in [4.78, 5) is 39.2. The number of ether oxygens (including phenoxy) is 1. The summed E-state index contributed by atoms with van der Waals surface area (Å²) in [6, 6.07) is 18.5. The molecule has 0 heterocycles. The van der Waals surface area contributed by atoms with E-state index in [0.717, 1.165) is 28.7 Å². The Morgan fingerprint density at radius 2 is 1.50 bits per heavy atom. The van der Waals surface area contributed by atoms with E-state index in [9.17, 15) is 28.3 Å². The quantitative estimate of drug-likeness (QED) is 0.175. The Bertz CT molecular complexity index is 1590. The largest absolute Gasteiger partial charge is 0.465 e. The molecule has 228 valence electrons. The van der Waals surface area contributed by atoms with Crippen molar-refractivity contribution in [1.82, 2.24) is 15.5 Å². The Hall–Kier alpha value is -5.03. The molecule has 0 bridgehead atoms. The Balaban J connectivity index is 1.80. The van der Waals surface area contributed by atoms with Gasteiger partial charge in [0, 0.05) is 42.4 Å². The van der Waals surface area contributed by atoms with Gasteiger partial charge in [0.05, 0.1) is 24.8 Å². The first-order chi connectivity index (χ1) is 21.0. The van der Waals surface area contributed by atoms with Gasteiger partial charge in [-0.1, -0.05) is 24.0 Å². The lowest BCUT2D eigenvalue weighted by molar-refractivity contribution is 0.0600. The number of amides is 2. The summed E-state index contributed by atoms with van der Waals surface area (Å²) in [7, 11) is 1.29. The number of aliphatic hydroxyl groups is 1. The number of esters is 1. The van der Waals surface area contributed by atoms with Crippen LogP contribution in [-0.4, -0.2) is 53.6 Å². The van der Waals surface area contributed by atoms with Crippen molar-refractivity contribution in [3.8, 4) is 23.9 Å². The van der Waals surface area contributed by atoms with Crippen LogP contribution in [0.25, 0.3) is 0 Å². The smallest absolute Gasteiger partial charge is 0.337 e. The van der Waals surface area contributed by atoms with Gasteiger partial charge in [-0.3, -0.25) is 9.59 Å². The van der Waals surface area contributed by atoms with Crippen LogP contribution in [-0.2, 0) is 17.7 Å². The van der Waals surface area contributed by atoms with Gasteiger partial charge in [-0.2, -0.15) is 4.90 Å². The topological polar surface area (TPSA) is 108 Å². The molecule has 0 unspecified atom stereocenters. The molecule has 3 aromatic carbocycles. The number of aryl methyl sites for hydroxylation is 1. The molecular formula is C34H33F2N3O5. The normalized spacial score (nSPS) is 11.6. The van der Waals surface area contributed by atoms with E-state index in [1.54, 1.807) is 57.2 Å².